The van der Waals surface area contributed by atoms with Crippen molar-refractivity contribution in [2.45, 2.75) is 0 Å². The van der Waals surface area contributed by atoms with E-state index in [1.165, 1.54) is 22.3 Å². The first-order valence-electron chi connectivity index (χ1n) is 7.60. The molecular weight excluding hydrogens is 337 g/mol. The fraction of sp³-hybridized carbons (Fsp3) is 0.0526. The largest absolute Gasteiger partial charge is 0.466 e. The first kappa shape index (κ1) is 18.9. The van der Waals surface area contributed by atoms with Crippen molar-refractivity contribution in [2.24, 2.45) is 0 Å². The van der Waals surface area contributed by atoms with Gasteiger partial charge in [0.2, 0.25) is 0 Å². The van der Waals surface area contributed by atoms with Crippen LogP contribution >= 0.6 is 7.82 Å². The maximum absolute atomic E-state index is 8.88. The van der Waals surface area contributed by atoms with Crippen molar-refractivity contribution in [2.75, 3.05) is 12.4 Å². The number of hydrogen-bond donors (Lipinski definition) is 4. The molecule has 0 amide bonds. The zero-order valence-electron chi connectivity index (χ0n) is 13.7. The van der Waals surface area contributed by atoms with Crippen molar-refractivity contribution < 1.29 is 19.2 Å². The minimum atomic E-state index is -4.64. The van der Waals surface area contributed by atoms with Crippen LogP contribution in [0.4, 0.5) is 5.69 Å². The summed E-state index contributed by atoms with van der Waals surface area (Å²) in [6.07, 6.45) is 0. The number of phosphoric acid groups is 1. The third-order valence-corrected chi connectivity index (χ3v) is 3.48. The van der Waals surface area contributed by atoms with Crippen LogP contribution in [0, 0.1) is 0 Å². The number of nitrogens with one attached hydrogen (secondary N) is 1. The lowest BCUT2D eigenvalue weighted by atomic mass is 9.93. The van der Waals surface area contributed by atoms with Gasteiger partial charge in [0.1, 0.15) is 0 Å². The predicted octanol–water partition coefficient (Wildman–Crippen LogP) is 4.13. The van der Waals surface area contributed by atoms with Crippen molar-refractivity contribution in [3.8, 4) is 22.3 Å². The standard InChI is InChI=1S/C19H17N.H3O4P/c1-20-18-14-8-13-17(15-9-4-2-5-10-15)19(18)16-11-6-3-7-12-16;1-5(2,3)4/h2-14,20H,1H3;(H3,1,2,3,4). The summed E-state index contributed by atoms with van der Waals surface area (Å²) in [6, 6.07) is 27.4. The Balaban J connectivity index is 0.000000399. The molecule has 0 heterocycles. The molecule has 0 radical (unpaired) electrons. The highest BCUT2D eigenvalue weighted by Crippen LogP contribution is 2.37. The van der Waals surface area contributed by atoms with Crippen molar-refractivity contribution in [1.82, 2.24) is 0 Å². The van der Waals surface area contributed by atoms with Gasteiger partial charge in [-0.05, 0) is 22.8 Å². The first-order chi connectivity index (χ1) is 11.9. The number of hydrogen-bond acceptors (Lipinski definition) is 2. The summed E-state index contributed by atoms with van der Waals surface area (Å²) in [6.45, 7) is 0. The van der Waals surface area contributed by atoms with Gasteiger partial charge >= 0.3 is 7.82 Å². The Morgan fingerprint density at radius 1 is 0.720 bits per heavy atom. The summed E-state index contributed by atoms with van der Waals surface area (Å²) < 4.78 is 8.88. The highest BCUT2D eigenvalue weighted by molar-refractivity contribution is 7.45. The molecule has 0 aliphatic rings. The second-order valence-electron chi connectivity index (χ2n) is 5.22. The maximum atomic E-state index is 8.88. The van der Waals surface area contributed by atoms with Gasteiger partial charge in [0, 0.05) is 18.3 Å². The second-order valence-corrected chi connectivity index (χ2v) is 6.25. The normalized spacial score (nSPS) is 10.6. The molecule has 0 aromatic heterocycles. The van der Waals surface area contributed by atoms with Crippen LogP contribution in [0.2, 0.25) is 0 Å². The van der Waals surface area contributed by atoms with E-state index in [1.807, 2.05) is 19.2 Å². The van der Waals surface area contributed by atoms with Crippen molar-refractivity contribution in [3.63, 3.8) is 0 Å². The zero-order chi connectivity index (χ0) is 18.3. The molecule has 0 bridgehead atoms. The summed E-state index contributed by atoms with van der Waals surface area (Å²) in [5.74, 6) is 0. The van der Waals surface area contributed by atoms with Crippen LogP contribution in [-0.4, -0.2) is 21.7 Å². The second kappa shape index (κ2) is 8.60. The number of rotatable bonds is 3. The molecule has 3 aromatic rings. The Morgan fingerprint density at radius 3 is 1.68 bits per heavy atom. The average molecular weight is 357 g/mol. The molecule has 0 saturated carbocycles. The maximum Gasteiger partial charge on any atom is 0.466 e. The molecule has 0 spiro atoms. The third kappa shape index (κ3) is 5.85. The van der Waals surface area contributed by atoms with Gasteiger partial charge in [-0.3, -0.25) is 0 Å². The SMILES string of the molecule is CNc1cccc(-c2ccccc2)c1-c1ccccc1.O=P(O)(O)O. The first-order valence-corrected chi connectivity index (χ1v) is 9.16. The highest BCUT2D eigenvalue weighted by Gasteiger charge is 2.10. The van der Waals surface area contributed by atoms with Crippen LogP contribution < -0.4 is 5.32 Å². The molecule has 0 aliphatic heterocycles. The molecule has 4 N–H and O–H groups in total. The van der Waals surface area contributed by atoms with Crippen LogP contribution in [0.5, 0.6) is 0 Å². The smallest absolute Gasteiger partial charge is 0.388 e. The van der Waals surface area contributed by atoms with Gasteiger partial charge < -0.3 is 20.0 Å². The summed E-state index contributed by atoms with van der Waals surface area (Å²) in [5, 5.41) is 3.30. The van der Waals surface area contributed by atoms with Crippen LogP contribution in [0.1, 0.15) is 0 Å². The summed E-state index contributed by atoms with van der Waals surface area (Å²) in [4.78, 5) is 21.6. The van der Waals surface area contributed by atoms with Crippen molar-refractivity contribution in [3.05, 3.63) is 78.9 Å². The highest BCUT2D eigenvalue weighted by atomic mass is 31.2. The van der Waals surface area contributed by atoms with Gasteiger partial charge in [-0.25, -0.2) is 4.57 Å². The van der Waals surface area contributed by atoms with Crippen LogP contribution in [0.25, 0.3) is 22.3 Å². The van der Waals surface area contributed by atoms with Crippen LogP contribution in [0.3, 0.4) is 0 Å². The van der Waals surface area contributed by atoms with E-state index in [2.05, 4.69) is 72.0 Å². The molecule has 0 saturated heterocycles. The minimum absolute atomic E-state index is 1.15. The van der Waals surface area contributed by atoms with E-state index >= 15 is 0 Å². The van der Waals surface area contributed by atoms with Gasteiger partial charge in [-0.1, -0.05) is 72.8 Å². The van der Waals surface area contributed by atoms with E-state index in [9.17, 15) is 0 Å². The lowest BCUT2D eigenvalue weighted by Gasteiger charge is -2.15. The molecule has 6 heteroatoms. The average Bonchev–Trinajstić information content (AvgIpc) is 2.61. The fourth-order valence-corrected chi connectivity index (χ4v) is 2.53. The number of benzene rings is 3. The summed E-state index contributed by atoms with van der Waals surface area (Å²) in [7, 11) is -2.67. The molecular formula is C19H20NO4P. The fourth-order valence-electron chi connectivity index (χ4n) is 2.53. The predicted molar refractivity (Wildman–Crippen MR) is 101 cm³/mol. The molecule has 0 fully saturated rings. The zero-order valence-corrected chi connectivity index (χ0v) is 14.6. The van der Waals surface area contributed by atoms with Crippen LogP contribution in [-0.2, 0) is 4.57 Å². The Morgan fingerprint density at radius 2 is 1.20 bits per heavy atom. The summed E-state index contributed by atoms with van der Waals surface area (Å²) in [5.41, 5.74) is 6.13. The van der Waals surface area contributed by atoms with Gasteiger partial charge in [-0.2, -0.15) is 0 Å². The van der Waals surface area contributed by atoms with Gasteiger partial charge in [0.25, 0.3) is 0 Å². The minimum Gasteiger partial charge on any atom is -0.388 e. The Hall–Kier alpha value is -2.43. The molecule has 0 unspecified atom stereocenters. The molecule has 3 rings (SSSR count). The lowest BCUT2D eigenvalue weighted by Crippen LogP contribution is -1.94. The Bertz CT molecular complexity index is 840. The van der Waals surface area contributed by atoms with E-state index in [4.69, 9.17) is 19.2 Å². The summed E-state index contributed by atoms with van der Waals surface area (Å²) >= 11 is 0. The van der Waals surface area contributed by atoms with E-state index in [-0.39, 0.29) is 0 Å². The third-order valence-electron chi connectivity index (χ3n) is 3.48. The van der Waals surface area contributed by atoms with Crippen LogP contribution in [0.15, 0.2) is 78.9 Å². The molecule has 3 aromatic carbocycles. The van der Waals surface area contributed by atoms with Crippen molar-refractivity contribution >= 4 is 13.5 Å². The topological polar surface area (TPSA) is 89.8 Å². The van der Waals surface area contributed by atoms with E-state index in [0.29, 0.717) is 0 Å². The Kier molecular flexibility index (Phi) is 6.51. The molecule has 0 aliphatic carbocycles. The molecule has 25 heavy (non-hydrogen) atoms. The number of anilines is 1. The van der Waals surface area contributed by atoms with Gasteiger partial charge in [-0.15, -0.1) is 0 Å². The molecule has 130 valence electrons. The van der Waals surface area contributed by atoms with E-state index in [0.717, 1.165) is 5.69 Å². The molecule has 0 atom stereocenters. The van der Waals surface area contributed by atoms with Crippen molar-refractivity contribution in [1.29, 1.82) is 0 Å². The quantitative estimate of drug-likeness (QED) is 0.529. The van der Waals surface area contributed by atoms with Gasteiger partial charge in [0.15, 0.2) is 0 Å². The monoisotopic (exact) mass is 357 g/mol. The van der Waals surface area contributed by atoms with E-state index < -0.39 is 7.82 Å². The lowest BCUT2D eigenvalue weighted by molar-refractivity contribution is 0.275. The Labute approximate surface area is 146 Å². The van der Waals surface area contributed by atoms with E-state index in [1.54, 1.807) is 0 Å². The molecule has 5 nitrogen and oxygen atoms in total. The van der Waals surface area contributed by atoms with Gasteiger partial charge in [0.05, 0.1) is 0 Å².